The summed E-state index contributed by atoms with van der Waals surface area (Å²) in [5, 5.41) is 0. The number of rotatable bonds is 2. The second-order valence-corrected chi connectivity index (χ2v) is 3.26. The van der Waals surface area contributed by atoms with Gasteiger partial charge in [-0.05, 0) is 19.9 Å². The lowest BCUT2D eigenvalue weighted by atomic mass is 9.97. The van der Waals surface area contributed by atoms with E-state index < -0.39 is 0 Å². The van der Waals surface area contributed by atoms with E-state index in [1.54, 1.807) is 0 Å². The van der Waals surface area contributed by atoms with Gasteiger partial charge in [0.15, 0.2) is 0 Å². The molecule has 0 saturated heterocycles. The minimum atomic E-state index is 0.212. The number of benzene rings is 1. The van der Waals surface area contributed by atoms with Gasteiger partial charge in [0.1, 0.15) is 5.92 Å². The zero-order chi connectivity index (χ0) is 9.14. The first-order valence-electron chi connectivity index (χ1n) is 4.17. The van der Waals surface area contributed by atoms with Crippen molar-refractivity contribution in [2.45, 2.75) is 19.8 Å². The molecule has 62 valence electrons. The van der Waals surface area contributed by atoms with Crippen molar-refractivity contribution in [3.05, 3.63) is 54.5 Å². The highest BCUT2D eigenvalue weighted by molar-refractivity contribution is 5.33. The Morgan fingerprint density at radius 1 is 1.25 bits per heavy atom. The summed E-state index contributed by atoms with van der Waals surface area (Å²) in [4.78, 5) is 0. The topological polar surface area (TPSA) is 0 Å². The fourth-order valence-electron chi connectivity index (χ4n) is 1.36. The molecule has 0 amide bonds. The Hall–Kier alpha value is -1.17. The van der Waals surface area contributed by atoms with Crippen molar-refractivity contribution in [3.8, 4) is 0 Å². The first-order chi connectivity index (χ1) is 5.63. The third kappa shape index (κ3) is 1.91. The standard InChI is InChI=1S/C12H15/c1-5-11(4)12-7-9(2)6-10(3)8-12/h5-8,11H,1,4H2,2-3H3/q+1. The molecule has 0 N–H and O–H groups in total. The van der Waals surface area contributed by atoms with Crippen molar-refractivity contribution in [2.24, 2.45) is 0 Å². The van der Waals surface area contributed by atoms with Gasteiger partial charge in [-0.3, -0.25) is 0 Å². The Morgan fingerprint density at radius 2 is 1.75 bits per heavy atom. The van der Waals surface area contributed by atoms with Gasteiger partial charge in [0.05, 0.1) is 6.92 Å². The third-order valence-electron chi connectivity index (χ3n) is 1.96. The summed E-state index contributed by atoms with van der Waals surface area (Å²) in [5.74, 6) is 0.212. The van der Waals surface area contributed by atoms with Crippen LogP contribution < -0.4 is 0 Å². The molecule has 1 rings (SSSR count). The molecule has 1 atom stereocenters. The van der Waals surface area contributed by atoms with Crippen LogP contribution in [0.3, 0.4) is 0 Å². The number of hydrogen-bond acceptors (Lipinski definition) is 0. The lowest BCUT2D eigenvalue weighted by Crippen LogP contribution is -1.90. The molecule has 0 fully saturated rings. The highest BCUT2D eigenvalue weighted by Crippen LogP contribution is 2.18. The predicted molar refractivity (Wildman–Crippen MR) is 54.2 cm³/mol. The van der Waals surface area contributed by atoms with Gasteiger partial charge in [-0.2, -0.15) is 0 Å². The van der Waals surface area contributed by atoms with Crippen LogP contribution in [0.4, 0.5) is 0 Å². The predicted octanol–water partition coefficient (Wildman–Crippen LogP) is 3.41. The van der Waals surface area contributed by atoms with E-state index >= 15 is 0 Å². The van der Waals surface area contributed by atoms with Gasteiger partial charge in [-0.25, -0.2) is 0 Å². The van der Waals surface area contributed by atoms with E-state index in [0.717, 1.165) is 0 Å². The van der Waals surface area contributed by atoms with Crippen LogP contribution in [0.1, 0.15) is 22.6 Å². The monoisotopic (exact) mass is 159 g/mol. The van der Waals surface area contributed by atoms with E-state index in [1.165, 1.54) is 16.7 Å². The van der Waals surface area contributed by atoms with E-state index in [4.69, 9.17) is 0 Å². The molecule has 0 spiro atoms. The highest BCUT2D eigenvalue weighted by atomic mass is 14.1. The first-order valence-corrected chi connectivity index (χ1v) is 4.17. The molecule has 12 heavy (non-hydrogen) atoms. The van der Waals surface area contributed by atoms with Gasteiger partial charge in [0.25, 0.3) is 0 Å². The van der Waals surface area contributed by atoms with E-state index in [9.17, 15) is 0 Å². The van der Waals surface area contributed by atoms with Crippen LogP contribution in [0.25, 0.3) is 0 Å². The molecule has 0 aliphatic carbocycles. The minimum Gasteiger partial charge on any atom is -0.0982 e. The number of allylic oxidation sites excluding steroid dienone is 1. The van der Waals surface area contributed by atoms with Crippen molar-refractivity contribution in [2.75, 3.05) is 0 Å². The number of hydrogen-bond donors (Lipinski definition) is 0. The maximum Gasteiger partial charge on any atom is 0.138 e. The van der Waals surface area contributed by atoms with Crippen LogP contribution in [-0.2, 0) is 0 Å². The molecule has 0 aliphatic heterocycles. The van der Waals surface area contributed by atoms with Crippen LogP contribution in [-0.4, -0.2) is 0 Å². The van der Waals surface area contributed by atoms with Gasteiger partial charge in [-0.1, -0.05) is 35.9 Å². The van der Waals surface area contributed by atoms with Crippen molar-refractivity contribution < 1.29 is 0 Å². The largest absolute Gasteiger partial charge is 0.138 e. The Morgan fingerprint density at radius 3 is 2.17 bits per heavy atom. The molecule has 1 unspecified atom stereocenters. The van der Waals surface area contributed by atoms with Gasteiger partial charge in [-0.15, -0.1) is 0 Å². The minimum absolute atomic E-state index is 0.212. The zero-order valence-corrected chi connectivity index (χ0v) is 7.80. The van der Waals surface area contributed by atoms with E-state index in [2.05, 4.69) is 45.5 Å². The molecule has 0 aromatic heterocycles. The average Bonchev–Trinajstić information content (AvgIpc) is 2.01. The summed E-state index contributed by atoms with van der Waals surface area (Å²) in [6.45, 7) is 11.9. The Labute approximate surface area is 74.9 Å². The normalized spacial score (nSPS) is 12.5. The van der Waals surface area contributed by atoms with E-state index in [-0.39, 0.29) is 5.92 Å². The van der Waals surface area contributed by atoms with Gasteiger partial charge < -0.3 is 0 Å². The number of aryl methyl sites for hydroxylation is 2. The highest BCUT2D eigenvalue weighted by Gasteiger charge is 2.07. The zero-order valence-electron chi connectivity index (χ0n) is 7.80. The molecule has 0 radical (unpaired) electrons. The van der Waals surface area contributed by atoms with Crippen molar-refractivity contribution >= 4 is 0 Å². The third-order valence-corrected chi connectivity index (χ3v) is 1.96. The Balaban J connectivity index is 3.08. The molecule has 0 bridgehead atoms. The van der Waals surface area contributed by atoms with Crippen molar-refractivity contribution in [1.29, 1.82) is 0 Å². The lowest BCUT2D eigenvalue weighted by molar-refractivity contribution is 1.07. The van der Waals surface area contributed by atoms with Crippen molar-refractivity contribution in [1.82, 2.24) is 0 Å². The Bertz CT molecular complexity index is 264. The van der Waals surface area contributed by atoms with Crippen LogP contribution in [0, 0.1) is 20.8 Å². The van der Waals surface area contributed by atoms with Gasteiger partial charge in [0, 0.05) is 5.56 Å². The lowest BCUT2D eigenvalue weighted by Gasteiger charge is -2.03. The Kier molecular flexibility index (Phi) is 2.59. The molecule has 1 aromatic rings. The second kappa shape index (κ2) is 3.48. The summed E-state index contributed by atoms with van der Waals surface area (Å²) in [7, 11) is 0. The molecular weight excluding hydrogens is 144 g/mol. The van der Waals surface area contributed by atoms with Gasteiger partial charge in [0.2, 0.25) is 0 Å². The quantitative estimate of drug-likeness (QED) is 0.458. The molecular formula is C12H15+. The smallest absolute Gasteiger partial charge is 0.0982 e. The SMILES string of the molecule is C=CC([CH2+])c1cc(C)cc(C)c1. The fourth-order valence-corrected chi connectivity index (χ4v) is 1.36. The van der Waals surface area contributed by atoms with Crippen LogP contribution in [0.15, 0.2) is 30.9 Å². The molecule has 0 nitrogen and oxygen atoms in total. The molecule has 0 aliphatic rings. The summed E-state index contributed by atoms with van der Waals surface area (Å²) in [6, 6.07) is 6.48. The molecule has 0 heteroatoms. The summed E-state index contributed by atoms with van der Waals surface area (Å²) < 4.78 is 0. The van der Waals surface area contributed by atoms with Crippen LogP contribution in [0.2, 0.25) is 0 Å². The maximum absolute atomic E-state index is 3.99. The average molecular weight is 159 g/mol. The van der Waals surface area contributed by atoms with Crippen molar-refractivity contribution in [3.63, 3.8) is 0 Å². The second-order valence-electron chi connectivity index (χ2n) is 3.26. The summed E-state index contributed by atoms with van der Waals surface area (Å²) in [5.41, 5.74) is 3.84. The van der Waals surface area contributed by atoms with Gasteiger partial charge >= 0.3 is 0 Å². The van der Waals surface area contributed by atoms with Crippen LogP contribution in [0.5, 0.6) is 0 Å². The maximum atomic E-state index is 3.99. The summed E-state index contributed by atoms with van der Waals surface area (Å²) in [6.07, 6.45) is 1.87. The molecule has 0 saturated carbocycles. The first kappa shape index (κ1) is 8.92. The fraction of sp³-hybridized carbons (Fsp3) is 0.250. The van der Waals surface area contributed by atoms with E-state index in [0.29, 0.717) is 0 Å². The van der Waals surface area contributed by atoms with Crippen LogP contribution >= 0.6 is 0 Å². The summed E-state index contributed by atoms with van der Waals surface area (Å²) >= 11 is 0. The van der Waals surface area contributed by atoms with E-state index in [1.807, 2.05) is 6.08 Å². The molecule has 0 heterocycles. The molecule has 1 aromatic carbocycles.